The molecule has 120 valence electrons. The Bertz CT molecular complexity index is 867. The second-order valence-electron chi connectivity index (χ2n) is 5.62. The van der Waals surface area contributed by atoms with Crippen LogP contribution in [0.15, 0.2) is 66.9 Å². The summed E-state index contributed by atoms with van der Waals surface area (Å²) >= 11 is 0. The summed E-state index contributed by atoms with van der Waals surface area (Å²) in [5, 5.41) is 2.28. The number of aromatic nitrogens is 1. The first-order valence-corrected chi connectivity index (χ1v) is 7.80. The van der Waals surface area contributed by atoms with Gasteiger partial charge in [0, 0.05) is 6.20 Å². The summed E-state index contributed by atoms with van der Waals surface area (Å²) in [6, 6.07) is 19.5. The number of amides is 1. The third kappa shape index (κ3) is 2.88. The van der Waals surface area contributed by atoms with Gasteiger partial charge < -0.3 is 9.47 Å². The smallest absolute Gasteiger partial charge is 0.416 e. The molecule has 0 N–H and O–H groups in total. The van der Waals surface area contributed by atoms with Gasteiger partial charge in [-0.1, -0.05) is 36.4 Å². The first-order valence-electron chi connectivity index (χ1n) is 7.80. The molecule has 24 heavy (non-hydrogen) atoms. The van der Waals surface area contributed by atoms with Crippen LogP contribution in [0.5, 0.6) is 5.75 Å². The summed E-state index contributed by atoms with van der Waals surface area (Å²) in [6.45, 7) is 0.747. The fourth-order valence-electron chi connectivity index (χ4n) is 2.76. The van der Waals surface area contributed by atoms with Crippen molar-refractivity contribution in [1.82, 2.24) is 4.98 Å². The van der Waals surface area contributed by atoms with Crippen LogP contribution < -0.4 is 9.64 Å². The van der Waals surface area contributed by atoms with Crippen molar-refractivity contribution in [3.8, 4) is 5.75 Å². The zero-order valence-electron chi connectivity index (χ0n) is 13.0. The molecule has 1 atom stereocenters. The van der Waals surface area contributed by atoms with Gasteiger partial charge in [-0.2, -0.15) is 0 Å². The Morgan fingerprint density at radius 3 is 2.75 bits per heavy atom. The van der Waals surface area contributed by atoms with Gasteiger partial charge in [-0.15, -0.1) is 0 Å². The van der Waals surface area contributed by atoms with Gasteiger partial charge >= 0.3 is 6.09 Å². The molecule has 5 nitrogen and oxygen atoms in total. The number of nitrogens with zero attached hydrogens (tertiary/aromatic N) is 2. The third-order valence-electron chi connectivity index (χ3n) is 3.96. The van der Waals surface area contributed by atoms with Gasteiger partial charge in [0.2, 0.25) is 0 Å². The summed E-state index contributed by atoms with van der Waals surface area (Å²) in [5.41, 5.74) is 0. The van der Waals surface area contributed by atoms with Crippen molar-refractivity contribution in [1.29, 1.82) is 0 Å². The normalized spacial score (nSPS) is 17.1. The van der Waals surface area contributed by atoms with E-state index in [1.165, 1.54) is 10.3 Å². The molecule has 3 aromatic rings. The Hall–Kier alpha value is -3.08. The number of rotatable bonds is 4. The molecule has 1 aromatic heterocycles. The van der Waals surface area contributed by atoms with Gasteiger partial charge in [-0.25, -0.2) is 9.78 Å². The highest BCUT2D eigenvalue weighted by Crippen LogP contribution is 2.23. The van der Waals surface area contributed by atoms with Crippen LogP contribution in [0.25, 0.3) is 10.8 Å². The average molecular weight is 320 g/mol. The molecule has 1 aliphatic heterocycles. The van der Waals surface area contributed by atoms with Crippen molar-refractivity contribution in [3.63, 3.8) is 0 Å². The number of pyridine rings is 1. The van der Waals surface area contributed by atoms with Crippen LogP contribution in [0.2, 0.25) is 0 Å². The monoisotopic (exact) mass is 320 g/mol. The molecule has 0 bridgehead atoms. The fourth-order valence-corrected chi connectivity index (χ4v) is 2.76. The van der Waals surface area contributed by atoms with Crippen LogP contribution in [0.1, 0.15) is 0 Å². The Morgan fingerprint density at radius 1 is 1.08 bits per heavy atom. The summed E-state index contributed by atoms with van der Waals surface area (Å²) in [5.74, 6) is 1.36. The van der Waals surface area contributed by atoms with Gasteiger partial charge in [-0.05, 0) is 35.0 Å². The number of cyclic esters (lactones) is 1. The first-order chi connectivity index (χ1) is 11.8. The highest BCUT2D eigenvalue weighted by Gasteiger charge is 2.33. The third-order valence-corrected chi connectivity index (χ3v) is 3.96. The maximum Gasteiger partial charge on any atom is 0.416 e. The van der Waals surface area contributed by atoms with E-state index < -0.39 is 0 Å². The highest BCUT2D eigenvalue weighted by atomic mass is 16.6. The molecule has 4 rings (SSSR count). The van der Waals surface area contributed by atoms with E-state index in [1.807, 2.05) is 48.5 Å². The number of carbonyl (C=O) groups is 1. The summed E-state index contributed by atoms with van der Waals surface area (Å²) in [4.78, 5) is 17.7. The largest absolute Gasteiger partial charge is 0.490 e. The predicted octanol–water partition coefficient (Wildman–Crippen LogP) is 3.64. The summed E-state index contributed by atoms with van der Waals surface area (Å²) in [7, 11) is 0. The predicted molar refractivity (Wildman–Crippen MR) is 91.3 cm³/mol. The number of ether oxygens (including phenoxy) is 2. The molecule has 1 aliphatic rings. The van der Waals surface area contributed by atoms with Crippen LogP contribution in [0.4, 0.5) is 10.6 Å². The lowest BCUT2D eigenvalue weighted by Crippen LogP contribution is -2.27. The van der Waals surface area contributed by atoms with E-state index in [0.717, 1.165) is 11.1 Å². The van der Waals surface area contributed by atoms with Crippen LogP contribution in [-0.2, 0) is 4.74 Å². The molecule has 5 heteroatoms. The van der Waals surface area contributed by atoms with Crippen molar-refractivity contribution in [2.45, 2.75) is 6.10 Å². The standard InChI is InChI=1S/C19H16N2O3/c22-19-21(18-7-3-4-10-20-18)12-17(24-19)13-23-16-9-8-14-5-1-2-6-15(14)11-16/h1-11,17H,12-13H2. The van der Waals surface area contributed by atoms with E-state index in [4.69, 9.17) is 9.47 Å². The van der Waals surface area contributed by atoms with Crippen LogP contribution >= 0.6 is 0 Å². The molecule has 1 unspecified atom stereocenters. The van der Waals surface area contributed by atoms with E-state index in [2.05, 4.69) is 11.1 Å². The minimum atomic E-state index is -0.388. The van der Waals surface area contributed by atoms with Crippen LogP contribution in [0.3, 0.4) is 0 Å². The lowest BCUT2D eigenvalue weighted by Gasteiger charge is -2.12. The molecular formula is C19H16N2O3. The average Bonchev–Trinajstić information content (AvgIpc) is 3.01. The topological polar surface area (TPSA) is 51.7 Å². The lowest BCUT2D eigenvalue weighted by atomic mass is 10.1. The van der Waals surface area contributed by atoms with E-state index in [0.29, 0.717) is 19.0 Å². The molecule has 0 aliphatic carbocycles. The van der Waals surface area contributed by atoms with Crippen molar-refractivity contribution in [3.05, 3.63) is 66.9 Å². The van der Waals surface area contributed by atoms with Crippen molar-refractivity contribution >= 4 is 22.7 Å². The van der Waals surface area contributed by atoms with Gasteiger partial charge in [0.05, 0.1) is 6.54 Å². The molecular weight excluding hydrogens is 304 g/mol. The number of fused-ring (bicyclic) bond motifs is 1. The number of hydrogen-bond donors (Lipinski definition) is 0. The zero-order valence-corrected chi connectivity index (χ0v) is 13.0. The molecule has 0 saturated carbocycles. The van der Waals surface area contributed by atoms with E-state index in [-0.39, 0.29) is 12.2 Å². The van der Waals surface area contributed by atoms with E-state index >= 15 is 0 Å². The Labute approximate surface area is 139 Å². The SMILES string of the molecule is O=C1OC(COc2ccc3ccccc3c2)CN1c1ccccn1. The molecule has 1 amide bonds. The van der Waals surface area contributed by atoms with Gasteiger partial charge in [0.25, 0.3) is 0 Å². The lowest BCUT2D eigenvalue weighted by molar-refractivity contribution is 0.105. The highest BCUT2D eigenvalue weighted by molar-refractivity contribution is 5.88. The summed E-state index contributed by atoms with van der Waals surface area (Å²) in [6.07, 6.45) is 0.952. The van der Waals surface area contributed by atoms with Gasteiger partial charge in [0.15, 0.2) is 6.10 Å². The van der Waals surface area contributed by atoms with Crippen molar-refractivity contribution in [2.75, 3.05) is 18.1 Å². The Morgan fingerprint density at radius 2 is 1.92 bits per heavy atom. The molecule has 2 aromatic carbocycles. The second kappa shape index (κ2) is 6.20. The maximum atomic E-state index is 12.0. The minimum absolute atomic E-state index is 0.313. The Kier molecular flexibility index (Phi) is 3.75. The number of carbonyl (C=O) groups excluding carboxylic acids is 1. The van der Waals surface area contributed by atoms with Gasteiger partial charge in [-0.3, -0.25) is 4.90 Å². The fraction of sp³-hybridized carbons (Fsp3) is 0.158. The van der Waals surface area contributed by atoms with E-state index in [1.54, 1.807) is 12.3 Å². The molecule has 2 heterocycles. The molecule has 0 radical (unpaired) electrons. The Balaban J connectivity index is 1.42. The summed E-state index contributed by atoms with van der Waals surface area (Å²) < 4.78 is 11.2. The second-order valence-corrected chi connectivity index (χ2v) is 5.62. The number of anilines is 1. The molecule has 0 spiro atoms. The van der Waals surface area contributed by atoms with Gasteiger partial charge in [0.1, 0.15) is 18.2 Å². The maximum absolute atomic E-state index is 12.0. The quantitative estimate of drug-likeness (QED) is 0.736. The number of benzene rings is 2. The van der Waals surface area contributed by atoms with Crippen LogP contribution in [0, 0.1) is 0 Å². The molecule has 1 saturated heterocycles. The molecule has 1 fully saturated rings. The van der Waals surface area contributed by atoms with E-state index in [9.17, 15) is 4.79 Å². The number of hydrogen-bond acceptors (Lipinski definition) is 4. The van der Waals surface area contributed by atoms with Crippen molar-refractivity contribution in [2.24, 2.45) is 0 Å². The first kappa shape index (κ1) is 14.5. The van der Waals surface area contributed by atoms with Crippen LogP contribution in [-0.4, -0.2) is 30.3 Å². The zero-order chi connectivity index (χ0) is 16.4. The van der Waals surface area contributed by atoms with Crippen molar-refractivity contribution < 1.29 is 14.3 Å². The minimum Gasteiger partial charge on any atom is -0.490 e.